The summed E-state index contributed by atoms with van der Waals surface area (Å²) in [5.41, 5.74) is 0.610. The van der Waals surface area contributed by atoms with Crippen LogP contribution >= 0.6 is 0 Å². The molecule has 0 aliphatic heterocycles. The molecule has 1 N–H and O–H groups in total. The number of nitro benzene ring substituents is 1. The van der Waals surface area contributed by atoms with Crippen molar-refractivity contribution in [1.82, 2.24) is 0 Å². The van der Waals surface area contributed by atoms with Gasteiger partial charge in [0.2, 0.25) is 0 Å². The monoisotopic (exact) mass is 311 g/mol. The molecule has 0 amide bonds. The number of carbonyl (C=O) groups excluding carboxylic acids is 1. The van der Waals surface area contributed by atoms with E-state index in [4.69, 9.17) is 4.74 Å². The molecule has 0 saturated heterocycles. The summed E-state index contributed by atoms with van der Waals surface area (Å²) in [5.74, 6) is -0.687. The van der Waals surface area contributed by atoms with Gasteiger partial charge in [-0.25, -0.2) is 4.79 Å². The average molecular weight is 311 g/mol. The molecule has 1 aromatic rings. The Morgan fingerprint density at radius 2 is 2.09 bits per heavy atom. The molecular formula is C15H21NO6. The fourth-order valence-corrected chi connectivity index (χ4v) is 2.14. The Labute approximate surface area is 129 Å². The maximum Gasteiger partial charge on any atom is 0.339 e. The van der Waals surface area contributed by atoms with Gasteiger partial charge in [-0.3, -0.25) is 10.1 Å². The van der Waals surface area contributed by atoms with Gasteiger partial charge in [0, 0.05) is 11.1 Å². The van der Waals surface area contributed by atoms with Gasteiger partial charge in [0.05, 0.1) is 18.6 Å². The molecule has 7 heteroatoms. The van der Waals surface area contributed by atoms with Gasteiger partial charge >= 0.3 is 11.7 Å². The molecule has 0 spiro atoms. The number of aliphatic hydroxyl groups excluding tert-OH is 1. The molecule has 122 valence electrons. The molecule has 1 unspecified atom stereocenters. The van der Waals surface area contributed by atoms with E-state index in [-0.39, 0.29) is 22.6 Å². The molecule has 0 radical (unpaired) electrons. The molecule has 0 bridgehead atoms. The van der Waals surface area contributed by atoms with Crippen LogP contribution in [-0.4, -0.2) is 29.7 Å². The van der Waals surface area contributed by atoms with E-state index in [9.17, 15) is 20.0 Å². The molecule has 1 atom stereocenters. The van der Waals surface area contributed by atoms with Crippen molar-refractivity contribution in [3.63, 3.8) is 0 Å². The minimum Gasteiger partial charge on any atom is -0.487 e. The van der Waals surface area contributed by atoms with E-state index >= 15 is 0 Å². The van der Waals surface area contributed by atoms with E-state index in [1.807, 2.05) is 6.92 Å². The first kappa shape index (κ1) is 17.9. The first-order valence-corrected chi connectivity index (χ1v) is 7.02. The number of unbranched alkanes of at least 4 members (excludes halogenated alkanes) is 1. The summed E-state index contributed by atoms with van der Waals surface area (Å²) in [7, 11) is 1.14. The molecule has 0 heterocycles. The van der Waals surface area contributed by atoms with Crippen LogP contribution in [-0.2, 0) is 9.53 Å². The van der Waals surface area contributed by atoms with Crippen molar-refractivity contribution >= 4 is 11.7 Å². The predicted molar refractivity (Wildman–Crippen MR) is 79.9 cm³/mol. The number of ether oxygens (including phenoxy) is 2. The largest absolute Gasteiger partial charge is 0.487 e. The van der Waals surface area contributed by atoms with Crippen molar-refractivity contribution in [2.45, 2.75) is 39.7 Å². The number of nitrogens with zero attached hydrogens (tertiary/aromatic N) is 1. The quantitative estimate of drug-likeness (QED) is 0.359. The molecule has 0 aromatic heterocycles. The number of nitro groups is 1. The SMILES string of the molecule is CCCCOc1c(C)cc(C(O)C(=O)OC)c(C)c1[N+](=O)[O-]. The van der Waals surface area contributed by atoms with Crippen LogP contribution < -0.4 is 4.74 Å². The summed E-state index contributed by atoms with van der Waals surface area (Å²) in [6.45, 7) is 5.48. The minimum atomic E-state index is -1.56. The number of hydrogen-bond acceptors (Lipinski definition) is 6. The topological polar surface area (TPSA) is 98.9 Å². The lowest BCUT2D eigenvalue weighted by molar-refractivity contribution is -0.386. The number of aryl methyl sites for hydroxylation is 1. The van der Waals surface area contributed by atoms with E-state index in [1.54, 1.807) is 6.92 Å². The molecule has 1 aromatic carbocycles. The molecule has 0 fully saturated rings. The minimum absolute atomic E-state index is 0.152. The Morgan fingerprint density at radius 1 is 1.45 bits per heavy atom. The highest BCUT2D eigenvalue weighted by molar-refractivity contribution is 5.78. The molecule has 1 rings (SSSR count). The second-order valence-corrected chi connectivity index (χ2v) is 4.97. The molecule has 0 saturated carbocycles. The summed E-state index contributed by atoms with van der Waals surface area (Å²) >= 11 is 0. The molecular weight excluding hydrogens is 290 g/mol. The zero-order chi connectivity index (χ0) is 16.9. The van der Waals surface area contributed by atoms with Gasteiger partial charge in [-0.1, -0.05) is 13.3 Å². The second kappa shape index (κ2) is 7.74. The van der Waals surface area contributed by atoms with Crippen LogP contribution in [0.25, 0.3) is 0 Å². The van der Waals surface area contributed by atoms with E-state index < -0.39 is 17.0 Å². The fraction of sp³-hybridized carbons (Fsp3) is 0.533. The summed E-state index contributed by atoms with van der Waals surface area (Å²) < 4.78 is 10.0. The van der Waals surface area contributed by atoms with E-state index in [0.717, 1.165) is 20.0 Å². The normalized spacial score (nSPS) is 11.9. The Kier molecular flexibility index (Phi) is 6.30. The number of benzene rings is 1. The van der Waals surface area contributed by atoms with Crippen LogP contribution in [0.15, 0.2) is 6.07 Å². The predicted octanol–water partition coefficient (Wildman–Crippen LogP) is 2.60. The number of methoxy groups -OCH3 is 1. The first-order chi connectivity index (χ1) is 10.3. The summed E-state index contributed by atoms with van der Waals surface area (Å²) in [6, 6.07) is 1.52. The Morgan fingerprint density at radius 3 is 2.59 bits per heavy atom. The van der Waals surface area contributed by atoms with Crippen molar-refractivity contribution in [2.24, 2.45) is 0 Å². The lowest BCUT2D eigenvalue weighted by Crippen LogP contribution is -2.16. The lowest BCUT2D eigenvalue weighted by atomic mass is 9.97. The van der Waals surface area contributed by atoms with Gasteiger partial charge in [0.1, 0.15) is 0 Å². The van der Waals surface area contributed by atoms with Crippen molar-refractivity contribution in [2.75, 3.05) is 13.7 Å². The number of carbonyl (C=O) groups is 1. The maximum absolute atomic E-state index is 11.5. The average Bonchev–Trinajstić information content (AvgIpc) is 2.48. The van der Waals surface area contributed by atoms with Crippen molar-refractivity contribution < 1.29 is 24.3 Å². The van der Waals surface area contributed by atoms with Crippen LogP contribution in [0.5, 0.6) is 5.75 Å². The van der Waals surface area contributed by atoms with Crippen molar-refractivity contribution in [1.29, 1.82) is 0 Å². The molecule has 22 heavy (non-hydrogen) atoms. The van der Waals surface area contributed by atoms with Gasteiger partial charge < -0.3 is 14.6 Å². The van der Waals surface area contributed by atoms with Crippen molar-refractivity contribution in [3.8, 4) is 5.75 Å². The maximum atomic E-state index is 11.5. The fourth-order valence-electron chi connectivity index (χ4n) is 2.14. The van der Waals surface area contributed by atoms with E-state index in [0.29, 0.717) is 12.2 Å². The van der Waals surface area contributed by atoms with Crippen LogP contribution in [0.1, 0.15) is 42.6 Å². The van der Waals surface area contributed by atoms with Crippen LogP contribution in [0, 0.1) is 24.0 Å². The molecule has 7 nitrogen and oxygen atoms in total. The van der Waals surface area contributed by atoms with Gasteiger partial charge in [0.15, 0.2) is 11.9 Å². The third-order valence-corrected chi connectivity index (χ3v) is 3.38. The highest BCUT2D eigenvalue weighted by Crippen LogP contribution is 2.38. The van der Waals surface area contributed by atoms with Crippen LogP contribution in [0.4, 0.5) is 5.69 Å². The van der Waals surface area contributed by atoms with Gasteiger partial charge in [0.25, 0.3) is 0 Å². The highest BCUT2D eigenvalue weighted by Gasteiger charge is 2.29. The summed E-state index contributed by atoms with van der Waals surface area (Å²) in [5, 5.41) is 21.3. The van der Waals surface area contributed by atoms with Gasteiger partial charge in [-0.15, -0.1) is 0 Å². The summed E-state index contributed by atoms with van der Waals surface area (Å²) in [4.78, 5) is 22.3. The molecule has 0 aliphatic rings. The number of hydrogen-bond donors (Lipinski definition) is 1. The highest BCUT2D eigenvalue weighted by atomic mass is 16.6. The van der Waals surface area contributed by atoms with Crippen LogP contribution in [0.2, 0.25) is 0 Å². The zero-order valence-electron chi connectivity index (χ0n) is 13.2. The number of esters is 1. The zero-order valence-corrected chi connectivity index (χ0v) is 13.2. The van der Waals surface area contributed by atoms with E-state index in [1.165, 1.54) is 13.0 Å². The Balaban J connectivity index is 3.36. The number of rotatable bonds is 7. The Hall–Kier alpha value is -2.15. The summed E-state index contributed by atoms with van der Waals surface area (Å²) in [6.07, 6.45) is 0.125. The van der Waals surface area contributed by atoms with Crippen molar-refractivity contribution in [3.05, 3.63) is 32.9 Å². The van der Waals surface area contributed by atoms with Gasteiger partial charge in [-0.05, 0) is 31.9 Å². The van der Waals surface area contributed by atoms with E-state index in [2.05, 4.69) is 4.74 Å². The third kappa shape index (κ3) is 3.73. The first-order valence-electron chi connectivity index (χ1n) is 7.02. The number of aliphatic hydroxyl groups is 1. The smallest absolute Gasteiger partial charge is 0.339 e. The second-order valence-electron chi connectivity index (χ2n) is 4.97. The Bertz CT molecular complexity index is 570. The lowest BCUT2D eigenvalue weighted by Gasteiger charge is -2.16. The standard InChI is InChI=1S/C15H21NO6/c1-5-6-7-22-14-9(2)8-11(13(17)15(18)21-4)10(3)12(14)16(19)20/h8,13,17H,5-7H2,1-4H3. The van der Waals surface area contributed by atoms with Crippen LogP contribution in [0.3, 0.4) is 0 Å². The molecule has 0 aliphatic carbocycles. The van der Waals surface area contributed by atoms with Gasteiger partial charge in [-0.2, -0.15) is 0 Å². The third-order valence-electron chi connectivity index (χ3n) is 3.38.